The van der Waals surface area contributed by atoms with Gasteiger partial charge in [0.05, 0.1) is 22.5 Å². The van der Waals surface area contributed by atoms with Crippen LogP contribution >= 0.6 is 0 Å². The number of anilines is 2. The van der Waals surface area contributed by atoms with Crippen molar-refractivity contribution >= 4 is 27.3 Å². The highest BCUT2D eigenvalue weighted by molar-refractivity contribution is 7.92. The highest BCUT2D eigenvalue weighted by Crippen LogP contribution is 2.30. The van der Waals surface area contributed by atoms with Gasteiger partial charge in [0, 0.05) is 6.20 Å². The lowest BCUT2D eigenvalue weighted by molar-refractivity contribution is -0.118. The minimum absolute atomic E-state index is 0.0169. The third-order valence-electron chi connectivity index (χ3n) is 2.64. The highest BCUT2D eigenvalue weighted by atomic mass is 32.2. The van der Waals surface area contributed by atoms with Gasteiger partial charge >= 0.3 is 0 Å². The second-order valence-electron chi connectivity index (χ2n) is 4.09. The number of nitrogens with one attached hydrogen (secondary N) is 3. The number of sulfonamides is 1. The molecule has 0 aliphatic carbocycles. The van der Waals surface area contributed by atoms with Crippen LogP contribution in [0.3, 0.4) is 0 Å². The minimum Gasteiger partial charge on any atom is -0.482 e. The lowest BCUT2D eigenvalue weighted by atomic mass is 10.2. The predicted molar refractivity (Wildman–Crippen MR) is 70.0 cm³/mol. The maximum absolute atomic E-state index is 12.2. The molecule has 1 aromatic heterocycles. The molecule has 1 aromatic carbocycles. The van der Waals surface area contributed by atoms with Crippen molar-refractivity contribution in [3.63, 3.8) is 0 Å². The standard InChI is InChI=1S/C11H10N4O4S/c16-11-6-19-10-2-1-8(3-9(10)14-11)20(17,18)15-7-4-12-13-5-7/h1-5,15H,6H2,(H,12,13)(H,14,16). The zero-order chi connectivity index (χ0) is 14.2. The van der Waals surface area contributed by atoms with E-state index in [9.17, 15) is 13.2 Å². The number of nitrogens with zero attached hydrogens (tertiary/aromatic N) is 1. The second kappa shape index (κ2) is 4.53. The monoisotopic (exact) mass is 294 g/mol. The fraction of sp³-hybridized carbons (Fsp3) is 0.0909. The Morgan fingerprint density at radius 3 is 2.95 bits per heavy atom. The van der Waals surface area contributed by atoms with E-state index in [0.29, 0.717) is 17.1 Å². The number of benzene rings is 1. The van der Waals surface area contributed by atoms with E-state index < -0.39 is 10.0 Å². The van der Waals surface area contributed by atoms with Crippen molar-refractivity contribution in [2.75, 3.05) is 16.6 Å². The van der Waals surface area contributed by atoms with Crippen molar-refractivity contribution in [2.24, 2.45) is 0 Å². The van der Waals surface area contributed by atoms with Crippen molar-refractivity contribution in [3.05, 3.63) is 30.6 Å². The molecule has 20 heavy (non-hydrogen) atoms. The lowest BCUT2D eigenvalue weighted by Crippen LogP contribution is -2.25. The molecule has 104 valence electrons. The van der Waals surface area contributed by atoms with E-state index in [1.54, 1.807) is 0 Å². The number of hydrogen-bond donors (Lipinski definition) is 3. The molecule has 3 rings (SSSR count). The Labute approximate surface area is 114 Å². The normalized spacial score (nSPS) is 14.1. The fourth-order valence-corrected chi connectivity index (χ4v) is 2.81. The van der Waals surface area contributed by atoms with Crippen molar-refractivity contribution in [1.29, 1.82) is 0 Å². The largest absolute Gasteiger partial charge is 0.482 e. The molecule has 0 spiro atoms. The van der Waals surface area contributed by atoms with Crippen LogP contribution in [0.2, 0.25) is 0 Å². The first-order valence-corrected chi connectivity index (χ1v) is 7.11. The van der Waals surface area contributed by atoms with Gasteiger partial charge in [0.2, 0.25) is 0 Å². The zero-order valence-electron chi connectivity index (χ0n) is 10.1. The molecule has 0 radical (unpaired) electrons. The van der Waals surface area contributed by atoms with Crippen LogP contribution in [0.4, 0.5) is 11.4 Å². The third kappa shape index (κ3) is 2.30. The van der Waals surface area contributed by atoms with E-state index in [4.69, 9.17) is 4.74 Å². The Hall–Kier alpha value is -2.55. The van der Waals surface area contributed by atoms with Gasteiger partial charge in [0.1, 0.15) is 5.75 Å². The van der Waals surface area contributed by atoms with Crippen LogP contribution in [0, 0.1) is 0 Å². The summed E-state index contributed by atoms with van der Waals surface area (Å²) in [6.45, 7) is -0.0770. The average Bonchev–Trinajstić information content (AvgIpc) is 2.90. The second-order valence-corrected chi connectivity index (χ2v) is 5.77. The summed E-state index contributed by atoms with van der Waals surface area (Å²) in [7, 11) is -3.75. The first-order chi connectivity index (χ1) is 9.54. The van der Waals surface area contributed by atoms with Crippen molar-refractivity contribution < 1.29 is 17.9 Å². The smallest absolute Gasteiger partial charge is 0.262 e. The summed E-state index contributed by atoms with van der Waals surface area (Å²) < 4.78 is 31.8. The number of fused-ring (bicyclic) bond motifs is 1. The van der Waals surface area contributed by atoms with Crippen LogP contribution in [-0.2, 0) is 14.8 Å². The van der Waals surface area contributed by atoms with Gasteiger partial charge in [-0.1, -0.05) is 0 Å². The number of carbonyl (C=O) groups excluding carboxylic acids is 1. The number of hydrogen-bond acceptors (Lipinski definition) is 5. The Kier molecular flexibility index (Phi) is 2.83. The van der Waals surface area contributed by atoms with Crippen LogP contribution in [-0.4, -0.2) is 31.1 Å². The highest BCUT2D eigenvalue weighted by Gasteiger charge is 2.21. The van der Waals surface area contributed by atoms with Gasteiger partial charge in [-0.25, -0.2) is 8.42 Å². The van der Waals surface area contributed by atoms with Gasteiger partial charge in [-0.05, 0) is 18.2 Å². The number of carbonyl (C=O) groups is 1. The quantitative estimate of drug-likeness (QED) is 0.764. The molecule has 2 heterocycles. The number of amides is 1. The van der Waals surface area contributed by atoms with Gasteiger partial charge in [-0.2, -0.15) is 5.10 Å². The molecule has 2 aromatic rings. The molecule has 0 bridgehead atoms. The molecule has 1 aliphatic rings. The zero-order valence-corrected chi connectivity index (χ0v) is 10.9. The molecule has 1 amide bonds. The van der Waals surface area contributed by atoms with Gasteiger partial charge in [-0.15, -0.1) is 0 Å². The minimum atomic E-state index is -3.75. The molecule has 1 aliphatic heterocycles. The maximum Gasteiger partial charge on any atom is 0.262 e. The molecular weight excluding hydrogens is 284 g/mol. The van der Waals surface area contributed by atoms with E-state index in [0.717, 1.165) is 0 Å². The van der Waals surface area contributed by atoms with Gasteiger partial charge < -0.3 is 10.1 Å². The third-order valence-corrected chi connectivity index (χ3v) is 4.02. The molecule has 0 saturated carbocycles. The first kappa shape index (κ1) is 12.5. The molecule has 8 nitrogen and oxygen atoms in total. The Balaban J connectivity index is 1.94. The summed E-state index contributed by atoms with van der Waals surface area (Å²) in [5.74, 6) is 0.113. The lowest BCUT2D eigenvalue weighted by Gasteiger charge is -2.18. The van der Waals surface area contributed by atoms with Crippen LogP contribution in [0.5, 0.6) is 5.75 Å². The molecule has 0 atom stereocenters. The summed E-state index contributed by atoms with van der Waals surface area (Å²) in [4.78, 5) is 11.2. The van der Waals surface area contributed by atoms with Gasteiger partial charge in [0.15, 0.2) is 6.61 Å². The van der Waals surface area contributed by atoms with E-state index in [-0.39, 0.29) is 17.4 Å². The van der Waals surface area contributed by atoms with Crippen molar-refractivity contribution in [3.8, 4) is 5.75 Å². The van der Waals surface area contributed by atoms with Gasteiger partial charge in [0.25, 0.3) is 15.9 Å². The van der Waals surface area contributed by atoms with Crippen LogP contribution in [0.25, 0.3) is 0 Å². The average molecular weight is 294 g/mol. The SMILES string of the molecule is O=C1COc2ccc(S(=O)(=O)Nc3cn[nH]c3)cc2N1. The van der Waals surface area contributed by atoms with Gasteiger partial charge in [-0.3, -0.25) is 14.6 Å². The topological polar surface area (TPSA) is 113 Å². The molecule has 3 N–H and O–H groups in total. The number of aromatic amines is 1. The van der Waals surface area contributed by atoms with E-state index >= 15 is 0 Å². The van der Waals surface area contributed by atoms with Crippen LogP contribution in [0.15, 0.2) is 35.5 Å². The van der Waals surface area contributed by atoms with E-state index in [1.807, 2.05) is 0 Å². The summed E-state index contributed by atoms with van der Waals surface area (Å²) >= 11 is 0. The number of aromatic nitrogens is 2. The summed E-state index contributed by atoms with van der Waals surface area (Å²) in [6.07, 6.45) is 2.77. The Morgan fingerprint density at radius 1 is 1.35 bits per heavy atom. The van der Waals surface area contributed by atoms with E-state index in [1.165, 1.54) is 30.6 Å². The molecular formula is C11H10N4O4S. The summed E-state index contributed by atoms with van der Waals surface area (Å²) in [6, 6.07) is 4.24. The first-order valence-electron chi connectivity index (χ1n) is 5.63. The van der Waals surface area contributed by atoms with Crippen molar-refractivity contribution in [2.45, 2.75) is 4.90 Å². The number of rotatable bonds is 3. The molecule has 0 unspecified atom stereocenters. The molecule has 9 heteroatoms. The fourth-order valence-electron chi connectivity index (χ4n) is 1.75. The Bertz CT molecular complexity index is 755. The predicted octanol–water partition coefficient (Wildman–Crippen LogP) is 0.541. The molecule has 0 fully saturated rings. The van der Waals surface area contributed by atoms with E-state index in [2.05, 4.69) is 20.2 Å². The van der Waals surface area contributed by atoms with Crippen LogP contribution in [0.1, 0.15) is 0 Å². The maximum atomic E-state index is 12.2. The number of ether oxygens (including phenoxy) is 1. The Morgan fingerprint density at radius 2 is 2.20 bits per heavy atom. The van der Waals surface area contributed by atoms with Crippen LogP contribution < -0.4 is 14.8 Å². The summed E-state index contributed by atoms with van der Waals surface area (Å²) in [5, 5.41) is 8.71. The summed E-state index contributed by atoms with van der Waals surface area (Å²) in [5.41, 5.74) is 0.652. The number of H-pyrrole nitrogens is 1. The van der Waals surface area contributed by atoms with Crippen molar-refractivity contribution in [1.82, 2.24) is 10.2 Å². The molecule has 0 saturated heterocycles.